The second-order valence-electron chi connectivity index (χ2n) is 1.39. The van der Waals surface area contributed by atoms with Gasteiger partial charge in [-0.15, -0.1) is 0 Å². The Kier molecular flexibility index (Phi) is 1.62. The molecule has 1 aliphatic rings. The van der Waals surface area contributed by atoms with Gasteiger partial charge in [-0.2, -0.15) is 0 Å². The van der Waals surface area contributed by atoms with Crippen LogP contribution in [0.4, 0.5) is 0 Å². The monoisotopic (exact) mass is 101 g/mol. The van der Waals surface area contributed by atoms with E-state index in [0.717, 1.165) is 19.4 Å². The van der Waals surface area contributed by atoms with Gasteiger partial charge in [-0.05, 0) is 0 Å². The van der Waals surface area contributed by atoms with Crippen LogP contribution >= 0.6 is 0 Å². The Morgan fingerprint density at radius 3 is 2.29 bits per heavy atom. The van der Waals surface area contributed by atoms with Crippen LogP contribution in [0, 0.1) is 6.35 Å². The van der Waals surface area contributed by atoms with E-state index in [1.165, 1.54) is 0 Å². The van der Waals surface area contributed by atoms with Crippen LogP contribution in [-0.4, -0.2) is 20.2 Å². The molecule has 1 aliphatic heterocycles. The molecule has 1 heterocycles. The summed E-state index contributed by atoms with van der Waals surface area (Å²) < 4.78 is 4.81. The SMILES string of the molecule is CO[C]1NCCN1. The second-order valence-corrected chi connectivity index (χ2v) is 1.39. The highest BCUT2D eigenvalue weighted by atomic mass is 16.5. The maximum Gasteiger partial charge on any atom is 0.234 e. The first-order valence-electron chi connectivity index (χ1n) is 2.32. The van der Waals surface area contributed by atoms with Crippen molar-refractivity contribution >= 4 is 0 Å². The van der Waals surface area contributed by atoms with Gasteiger partial charge in [-0.1, -0.05) is 0 Å². The number of methoxy groups -OCH3 is 1. The molecule has 0 aromatic heterocycles. The van der Waals surface area contributed by atoms with E-state index in [1.54, 1.807) is 7.11 Å². The Balaban J connectivity index is 2.14. The van der Waals surface area contributed by atoms with Crippen LogP contribution in [0.25, 0.3) is 0 Å². The predicted molar refractivity (Wildman–Crippen MR) is 26.3 cm³/mol. The minimum atomic E-state index is 0.792. The minimum Gasteiger partial charge on any atom is -0.346 e. The largest absolute Gasteiger partial charge is 0.346 e. The molecule has 0 atom stereocenters. The average Bonchev–Trinajstić information content (AvgIpc) is 2.14. The molecule has 3 heteroatoms. The Bertz CT molecular complexity index is 51.7. The molecule has 1 fully saturated rings. The molecule has 0 unspecified atom stereocenters. The van der Waals surface area contributed by atoms with Gasteiger partial charge in [0.05, 0.1) is 0 Å². The molecule has 7 heavy (non-hydrogen) atoms. The molecule has 0 spiro atoms. The highest BCUT2D eigenvalue weighted by Crippen LogP contribution is 1.91. The summed E-state index contributed by atoms with van der Waals surface area (Å²) in [6.07, 6.45) is 0.792. The van der Waals surface area contributed by atoms with Gasteiger partial charge in [0.2, 0.25) is 6.35 Å². The number of hydrogen-bond acceptors (Lipinski definition) is 3. The van der Waals surface area contributed by atoms with Gasteiger partial charge in [0.1, 0.15) is 0 Å². The third-order valence-electron chi connectivity index (χ3n) is 0.900. The standard InChI is InChI=1S/C4H9N2O/c1-7-4-5-2-3-6-4/h5-6H,2-3H2,1H3. The molecule has 3 nitrogen and oxygen atoms in total. The van der Waals surface area contributed by atoms with Gasteiger partial charge in [-0.25, -0.2) is 0 Å². The topological polar surface area (TPSA) is 33.3 Å². The van der Waals surface area contributed by atoms with Gasteiger partial charge in [0, 0.05) is 20.2 Å². The van der Waals surface area contributed by atoms with Crippen molar-refractivity contribution in [3.8, 4) is 0 Å². The summed E-state index contributed by atoms with van der Waals surface area (Å²) in [4.78, 5) is 0. The zero-order valence-electron chi connectivity index (χ0n) is 4.32. The molecule has 0 aromatic rings. The maximum absolute atomic E-state index is 4.81. The van der Waals surface area contributed by atoms with Crippen LogP contribution in [0.5, 0.6) is 0 Å². The molecule has 0 saturated carbocycles. The lowest BCUT2D eigenvalue weighted by molar-refractivity contribution is 0.174. The van der Waals surface area contributed by atoms with Crippen LogP contribution in [0.3, 0.4) is 0 Å². The molecule has 0 aliphatic carbocycles. The van der Waals surface area contributed by atoms with Crippen LogP contribution < -0.4 is 10.6 Å². The van der Waals surface area contributed by atoms with Crippen LogP contribution in [0.1, 0.15) is 0 Å². The van der Waals surface area contributed by atoms with E-state index < -0.39 is 0 Å². The first kappa shape index (κ1) is 5.03. The molecular formula is C4H9N2O. The average molecular weight is 101 g/mol. The molecule has 1 saturated heterocycles. The quantitative estimate of drug-likeness (QED) is 0.457. The Labute approximate surface area is 43.0 Å². The first-order valence-corrected chi connectivity index (χ1v) is 2.32. The van der Waals surface area contributed by atoms with E-state index in [9.17, 15) is 0 Å². The van der Waals surface area contributed by atoms with Crippen molar-refractivity contribution in [1.82, 2.24) is 10.6 Å². The summed E-state index contributed by atoms with van der Waals surface area (Å²) in [6.45, 7) is 1.95. The number of hydrogen-bond donors (Lipinski definition) is 2. The Hall–Kier alpha value is -0.120. The zero-order chi connectivity index (χ0) is 5.11. The zero-order valence-corrected chi connectivity index (χ0v) is 4.32. The molecule has 41 valence electrons. The fraction of sp³-hybridized carbons (Fsp3) is 0.750. The van der Waals surface area contributed by atoms with E-state index in [4.69, 9.17) is 4.74 Å². The molecule has 0 bridgehead atoms. The van der Waals surface area contributed by atoms with E-state index in [2.05, 4.69) is 10.6 Å². The van der Waals surface area contributed by atoms with Crippen molar-refractivity contribution in [1.29, 1.82) is 0 Å². The lowest BCUT2D eigenvalue weighted by Crippen LogP contribution is -2.22. The van der Waals surface area contributed by atoms with Gasteiger partial charge < -0.3 is 4.74 Å². The van der Waals surface area contributed by atoms with Crippen LogP contribution in [-0.2, 0) is 4.74 Å². The first-order chi connectivity index (χ1) is 3.43. The number of ether oxygens (including phenoxy) is 1. The second kappa shape index (κ2) is 2.26. The van der Waals surface area contributed by atoms with Crippen molar-refractivity contribution in [3.63, 3.8) is 0 Å². The lowest BCUT2D eigenvalue weighted by Gasteiger charge is -2.02. The number of rotatable bonds is 1. The van der Waals surface area contributed by atoms with E-state index in [0.29, 0.717) is 0 Å². The third kappa shape index (κ3) is 1.12. The van der Waals surface area contributed by atoms with Crippen molar-refractivity contribution in [2.45, 2.75) is 0 Å². The van der Waals surface area contributed by atoms with Crippen molar-refractivity contribution in [3.05, 3.63) is 6.35 Å². The maximum atomic E-state index is 4.81. The summed E-state index contributed by atoms with van der Waals surface area (Å²) in [7, 11) is 1.64. The Morgan fingerprint density at radius 1 is 1.43 bits per heavy atom. The fourth-order valence-corrected chi connectivity index (χ4v) is 0.559. The lowest BCUT2D eigenvalue weighted by atomic mass is 10.7. The van der Waals surface area contributed by atoms with E-state index >= 15 is 0 Å². The van der Waals surface area contributed by atoms with E-state index in [1.807, 2.05) is 0 Å². The van der Waals surface area contributed by atoms with Crippen molar-refractivity contribution < 1.29 is 4.74 Å². The van der Waals surface area contributed by atoms with Gasteiger partial charge in [-0.3, -0.25) is 10.6 Å². The molecule has 1 rings (SSSR count). The van der Waals surface area contributed by atoms with E-state index in [-0.39, 0.29) is 0 Å². The highest BCUT2D eigenvalue weighted by Gasteiger charge is 2.11. The van der Waals surface area contributed by atoms with Gasteiger partial charge in [0.25, 0.3) is 0 Å². The Morgan fingerprint density at radius 2 is 2.00 bits per heavy atom. The van der Waals surface area contributed by atoms with Gasteiger partial charge in [0.15, 0.2) is 0 Å². The highest BCUT2D eigenvalue weighted by molar-refractivity contribution is 4.78. The third-order valence-corrected chi connectivity index (χ3v) is 0.900. The summed E-state index contributed by atoms with van der Waals surface area (Å²) in [5.74, 6) is 0. The molecular weight excluding hydrogens is 92.1 g/mol. The van der Waals surface area contributed by atoms with Crippen LogP contribution in [0.2, 0.25) is 0 Å². The van der Waals surface area contributed by atoms with Crippen molar-refractivity contribution in [2.24, 2.45) is 0 Å². The predicted octanol–water partition coefficient (Wildman–Crippen LogP) is -0.727. The number of nitrogens with one attached hydrogen (secondary N) is 2. The molecule has 2 N–H and O–H groups in total. The van der Waals surface area contributed by atoms with Crippen LogP contribution in [0.15, 0.2) is 0 Å². The molecule has 0 aromatic carbocycles. The summed E-state index contributed by atoms with van der Waals surface area (Å²) in [5, 5.41) is 5.98. The van der Waals surface area contributed by atoms with Gasteiger partial charge >= 0.3 is 0 Å². The fourth-order valence-electron chi connectivity index (χ4n) is 0.559. The summed E-state index contributed by atoms with van der Waals surface area (Å²) >= 11 is 0. The minimum absolute atomic E-state index is 0.792. The molecule has 0 amide bonds. The summed E-state index contributed by atoms with van der Waals surface area (Å²) in [6, 6.07) is 0. The smallest absolute Gasteiger partial charge is 0.234 e. The molecule has 1 radical (unpaired) electrons. The normalized spacial score (nSPS) is 23.6. The van der Waals surface area contributed by atoms with Crippen molar-refractivity contribution in [2.75, 3.05) is 20.2 Å². The summed E-state index contributed by atoms with van der Waals surface area (Å²) in [5.41, 5.74) is 0.